The quantitative estimate of drug-likeness (QED) is 0.245. The third-order valence-corrected chi connectivity index (χ3v) is 3.33. The van der Waals surface area contributed by atoms with Crippen molar-refractivity contribution in [3.63, 3.8) is 0 Å². The Bertz CT molecular complexity index is 535. The Kier molecular flexibility index (Phi) is 10.1. The van der Waals surface area contributed by atoms with Crippen molar-refractivity contribution in [3.8, 4) is 0 Å². The fraction of sp³-hybridized carbons (Fsp3) is 0.600. The monoisotopic (exact) mass is 366 g/mol. The Morgan fingerprint density at radius 3 is 2.42 bits per heavy atom. The normalized spacial score (nSPS) is 12.6. The van der Waals surface area contributed by atoms with Gasteiger partial charge in [-0.1, -0.05) is 30.3 Å². The highest BCUT2D eigenvalue weighted by Crippen LogP contribution is 2.12. The lowest BCUT2D eigenvalue weighted by atomic mass is 10.1. The van der Waals surface area contributed by atoms with E-state index in [1.54, 1.807) is 20.8 Å². The van der Waals surface area contributed by atoms with Gasteiger partial charge in [-0.25, -0.2) is 0 Å². The minimum absolute atomic E-state index is 0.0864. The lowest BCUT2D eigenvalue weighted by molar-refractivity contribution is -0.156. The van der Waals surface area contributed by atoms with Crippen LogP contribution in [-0.2, 0) is 35.1 Å². The van der Waals surface area contributed by atoms with Gasteiger partial charge < -0.3 is 18.9 Å². The number of hydrogen-bond acceptors (Lipinski definition) is 6. The van der Waals surface area contributed by atoms with E-state index in [4.69, 9.17) is 18.9 Å². The van der Waals surface area contributed by atoms with Crippen LogP contribution in [0.25, 0.3) is 0 Å². The standard InChI is InChI=1S/C20H30O6/c1-20(2,3)26-19(22)13-17(21)12-18(25-15-23-4)10-11-24-14-16-8-6-5-7-9-16/h5-9,18H,10-15H2,1-4H3/t18-/m0/s1. The second kappa shape index (κ2) is 11.8. The van der Waals surface area contributed by atoms with Crippen LogP contribution in [0.3, 0.4) is 0 Å². The molecule has 0 spiro atoms. The Labute approximate surface area is 155 Å². The minimum atomic E-state index is -0.603. The summed E-state index contributed by atoms with van der Waals surface area (Å²) in [5, 5.41) is 0. The van der Waals surface area contributed by atoms with Crippen LogP contribution < -0.4 is 0 Å². The van der Waals surface area contributed by atoms with Crippen LogP contribution in [0.15, 0.2) is 30.3 Å². The van der Waals surface area contributed by atoms with Crippen molar-refractivity contribution in [2.45, 2.75) is 58.3 Å². The molecule has 1 aromatic carbocycles. The van der Waals surface area contributed by atoms with Gasteiger partial charge in [-0.15, -0.1) is 0 Å². The molecule has 0 aliphatic carbocycles. The van der Waals surface area contributed by atoms with E-state index in [0.717, 1.165) is 5.56 Å². The van der Waals surface area contributed by atoms with Gasteiger partial charge in [0.1, 0.15) is 24.6 Å². The van der Waals surface area contributed by atoms with Gasteiger partial charge >= 0.3 is 5.97 Å². The molecule has 0 aliphatic heterocycles. The Hall–Kier alpha value is -1.76. The van der Waals surface area contributed by atoms with Crippen molar-refractivity contribution in [2.24, 2.45) is 0 Å². The number of methoxy groups -OCH3 is 1. The number of carbonyl (C=O) groups excluding carboxylic acids is 2. The second-order valence-electron chi connectivity index (χ2n) is 7.03. The molecule has 1 rings (SSSR count). The molecular formula is C20H30O6. The molecule has 6 heteroatoms. The summed E-state index contributed by atoms with van der Waals surface area (Å²) in [5.74, 6) is -0.739. The van der Waals surface area contributed by atoms with E-state index in [1.807, 2.05) is 30.3 Å². The van der Waals surface area contributed by atoms with Crippen molar-refractivity contribution < 1.29 is 28.5 Å². The number of esters is 1. The van der Waals surface area contributed by atoms with Gasteiger partial charge in [-0.05, 0) is 32.8 Å². The topological polar surface area (TPSA) is 71.1 Å². The van der Waals surface area contributed by atoms with E-state index in [2.05, 4.69) is 0 Å². The predicted octanol–water partition coefficient (Wildman–Crippen LogP) is 3.27. The number of carbonyl (C=O) groups is 2. The summed E-state index contributed by atoms with van der Waals surface area (Å²) in [5.41, 5.74) is 0.483. The zero-order valence-electron chi connectivity index (χ0n) is 16.2. The highest BCUT2D eigenvalue weighted by Gasteiger charge is 2.21. The smallest absolute Gasteiger partial charge is 0.313 e. The summed E-state index contributed by atoms with van der Waals surface area (Å²) in [7, 11) is 1.52. The van der Waals surface area contributed by atoms with Crippen molar-refractivity contribution in [1.82, 2.24) is 0 Å². The first-order chi connectivity index (χ1) is 12.3. The molecule has 1 aromatic rings. The summed E-state index contributed by atoms with van der Waals surface area (Å²) in [6.07, 6.45) is 0.0448. The number of ketones is 1. The summed E-state index contributed by atoms with van der Waals surface area (Å²) in [6, 6.07) is 9.85. The molecule has 1 atom stereocenters. The highest BCUT2D eigenvalue weighted by molar-refractivity contribution is 5.95. The van der Waals surface area contributed by atoms with Crippen molar-refractivity contribution in [2.75, 3.05) is 20.5 Å². The fourth-order valence-electron chi connectivity index (χ4n) is 2.25. The predicted molar refractivity (Wildman–Crippen MR) is 97.6 cm³/mol. The van der Waals surface area contributed by atoms with Gasteiger partial charge in [0.05, 0.1) is 12.7 Å². The third-order valence-electron chi connectivity index (χ3n) is 3.33. The van der Waals surface area contributed by atoms with Crippen LogP contribution in [0.4, 0.5) is 0 Å². The molecule has 6 nitrogen and oxygen atoms in total. The molecule has 0 heterocycles. The second-order valence-corrected chi connectivity index (χ2v) is 7.03. The number of hydrogen-bond donors (Lipinski definition) is 0. The lowest BCUT2D eigenvalue weighted by Crippen LogP contribution is -2.27. The van der Waals surface area contributed by atoms with Crippen LogP contribution in [0, 0.1) is 0 Å². The van der Waals surface area contributed by atoms with Gasteiger partial charge in [0.25, 0.3) is 0 Å². The molecule has 0 amide bonds. The van der Waals surface area contributed by atoms with Gasteiger partial charge in [0, 0.05) is 20.1 Å². The van der Waals surface area contributed by atoms with Crippen LogP contribution in [-0.4, -0.2) is 44.0 Å². The molecule has 0 saturated carbocycles. The fourth-order valence-corrected chi connectivity index (χ4v) is 2.25. The molecule has 0 saturated heterocycles. The first kappa shape index (κ1) is 22.3. The average molecular weight is 366 g/mol. The maximum Gasteiger partial charge on any atom is 0.313 e. The first-order valence-corrected chi connectivity index (χ1v) is 8.76. The first-order valence-electron chi connectivity index (χ1n) is 8.76. The number of ether oxygens (including phenoxy) is 4. The van der Waals surface area contributed by atoms with Crippen molar-refractivity contribution >= 4 is 11.8 Å². The van der Waals surface area contributed by atoms with E-state index in [1.165, 1.54) is 7.11 Å². The molecule has 0 N–H and O–H groups in total. The number of rotatable bonds is 12. The highest BCUT2D eigenvalue weighted by atomic mass is 16.7. The largest absolute Gasteiger partial charge is 0.460 e. The summed E-state index contributed by atoms with van der Waals surface area (Å²) in [6.45, 7) is 6.34. The van der Waals surface area contributed by atoms with Crippen molar-refractivity contribution in [3.05, 3.63) is 35.9 Å². The Morgan fingerprint density at radius 1 is 1.12 bits per heavy atom. The molecule has 146 valence electrons. The van der Waals surface area contributed by atoms with E-state index in [-0.39, 0.29) is 31.5 Å². The molecule has 0 aromatic heterocycles. The molecule has 0 aliphatic rings. The molecule has 0 fully saturated rings. The van der Waals surface area contributed by atoms with Crippen LogP contribution in [0.1, 0.15) is 45.6 Å². The summed E-state index contributed by atoms with van der Waals surface area (Å²) in [4.78, 5) is 23.9. The van der Waals surface area contributed by atoms with Crippen LogP contribution in [0.2, 0.25) is 0 Å². The van der Waals surface area contributed by atoms with E-state index in [9.17, 15) is 9.59 Å². The summed E-state index contributed by atoms with van der Waals surface area (Å²) < 4.78 is 21.2. The van der Waals surface area contributed by atoms with Crippen LogP contribution in [0.5, 0.6) is 0 Å². The van der Waals surface area contributed by atoms with E-state index in [0.29, 0.717) is 19.6 Å². The maximum atomic E-state index is 12.1. The molecule has 0 unspecified atom stereocenters. The van der Waals surface area contributed by atoms with Gasteiger partial charge in [-0.3, -0.25) is 9.59 Å². The van der Waals surface area contributed by atoms with Gasteiger partial charge in [0.2, 0.25) is 0 Å². The molecule has 26 heavy (non-hydrogen) atoms. The van der Waals surface area contributed by atoms with Crippen molar-refractivity contribution in [1.29, 1.82) is 0 Å². The Balaban J connectivity index is 2.37. The summed E-state index contributed by atoms with van der Waals surface area (Å²) >= 11 is 0. The average Bonchev–Trinajstić information content (AvgIpc) is 2.55. The Morgan fingerprint density at radius 2 is 1.81 bits per heavy atom. The van der Waals surface area contributed by atoms with E-state index < -0.39 is 11.6 Å². The van der Waals surface area contributed by atoms with Gasteiger partial charge in [0.15, 0.2) is 0 Å². The van der Waals surface area contributed by atoms with E-state index >= 15 is 0 Å². The molecule has 0 bridgehead atoms. The van der Waals surface area contributed by atoms with Gasteiger partial charge in [-0.2, -0.15) is 0 Å². The number of benzene rings is 1. The number of Topliss-reactive ketones (excluding diaryl/α,β-unsaturated/α-hetero) is 1. The minimum Gasteiger partial charge on any atom is -0.460 e. The zero-order valence-corrected chi connectivity index (χ0v) is 16.2. The molecule has 0 radical (unpaired) electrons. The SMILES string of the molecule is COCO[C@@H](CCOCc1ccccc1)CC(=O)CC(=O)OC(C)(C)C. The zero-order chi connectivity index (χ0) is 19.4. The molecular weight excluding hydrogens is 336 g/mol. The third kappa shape index (κ3) is 11.0. The maximum absolute atomic E-state index is 12.1. The van der Waals surface area contributed by atoms with Crippen LogP contribution >= 0.6 is 0 Å². The lowest BCUT2D eigenvalue weighted by Gasteiger charge is -2.20.